The van der Waals surface area contributed by atoms with Crippen LogP contribution in [0.1, 0.15) is 18.4 Å². The number of hydrogen-bond donors (Lipinski definition) is 2. The molecule has 0 bridgehead atoms. The Hall–Kier alpha value is -2.15. The summed E-state index contributed by atoms with van der Waals surface area (Å²) in [5, 5.41) is 13.3. The van der Waals surface area contributed by atoms with Crippen molar-refractivity contribution >= 4 is 23.2 Å². The van der Waals surface area contributed by atoms with Crippen molar-refractivity contribution in [3.05, 3.63) is 29.0 Å². The molecule has 2 aromatic rings. The van der Waals surface area contributed by atoms with Crippen LogP contribution in [0.4, 0.5) is 0 Å². The van der Waals surface area contributed by atoms with E-state index in [4.69, 9.17) is 9.52 Å². The molecule has 0 aliphatic carbocycles. The quantitative estimate of drug-likeness (QED) is 0.852. The zero-order chi connectivity index (χ0) is 15.4. The average Bonchev–Trinajstić information content (AvgIpc) is 3.06. The number of carbonyl (C=O) groups excluding carboxylic acids is 1. The Morgan fingerprint density at radius 1 is 1.52 bits per heavy atom. The maximum Gasteiger partial charge on any atom is 0.308 e. The maximum absolute atomic E-state index is 11.8. The molecule has 7 heteroatoms. The van der Waals surface area contributed by atoms with Gasteiger partial charge in [0, 0.05) is 6.54 Å². The number of nitrogens with zero attached hydrogens (tertiary/aromatic N) is 1. The Labute approximate surface area is 125 Å². The number of oxazole rings is 1. The largest absolute Gasteiger partial charge is 0.481 e. The van der Waals surface area contributed by atoms with Crippen LogP contribution < -0.4 is 5.32 Å². The van der Waals surface area contributed by atoms with Crippen LogP contribution in [0.25, 0.3) is 10.8 Å². The lowest BCUT2D eigenvalue weighted by atomic mass is 10.2. The standard InChI is InChI=1S/C14H16N2O4S/c1-8(14(18)19)7-15-12(17)6-10-9(2)20-13(16-10)11-4-3-5-21-11/h3-5,8H,6-7H2,1-2H3,(H,15,17)(H,18,19). The molecule has 0 aliphatic heterocycles. The summed E-state index contributed by atoms with van der Waals surface area (Å²) in [6.45, 7) is 3.40. The molecular weight excluding hydrogens is 292 g/mol. The van der Waals surface area contributed by atoms with Crippen molar-refractivity contribution in [2.75, 3.05) is 6.54 Å². The van der Waals surface area contributed by atoms with Crippen LogP contribution >= 0.6 is 11.3 Å². The minimum absolute atomic E-state index is 0.0764. The summed E-state index contributed by atoms with van der Waals surface area (Å²) in [7, 11) is 0. The Balaban J connectivity index is 1.97. The van der Waals surface area contributed by atoms with E-state index in [1.165, 1.54) is 11.3 Å². The maximum atomic E-state index is 11.8. The summed E-state index contributed by atoms with van der Waals surface area (Å²) in [6.07, 6.45) is 0.0764. The van der Waals surface area contributed by atoms with Crippen LogP contribution in [0.2, 0.25) is 0 Å². The van der Waals surface area contributed by atoms with Crippen molar-refractivity contribution in [2.24, 2.45) is 5.92 Å². The summed E-state index contributed by atoms with van der Waals surface area (Å²) in [5.41, 5.74) is 0.568. The minimum Gasteiger partial charge on any atom is -0.481 e. The van der Waals surface area contributed by atoms with Crippen molar-refractivity contribution in [3.8, 4) is 10.8 Å². The van der Waals surface area contributed by atoms with Crippen molar-refractivity contribution in [2.45, 2.75) is 20.3 Å². The molecule has 6 nitrogen and oxygen atoms in total. The van der Waals surface area contributed by atoms with Gasteiger partial charge in [-0.3, -0.25) is 9.59 Å². The van der Waals surface area contributed by atoms with Gasteiger partial charge >= 0.3 is 5.97 Å². The van der Waals surface area contributed by atoms with Gasteiger partial charge in [-0.05, 0) is 18.4 Å². The third kappa shape index (κ3) is 3.91. The van der Waals surface area contributed by atoms with Gasteiger partial charge in [0.25, 0.3) is 0 Å². The highest BCUT2D eigenvalue weighted by atomic mass is 32.1. The molecule has 0 aromatic carbocycles. The van der Waals surface area contributed by atoms with Crippen LogP contribution in [0.3, 0.4) is 0 Å². The normalized spacial score (nSPS) is 12.1. The number of rotatable bonds is 6. The Bertz CT molecular complexity index is 633. The number of nitrogens with one attached hydrogen (secondary N) is 1. The lowest BCUT2D eigenvalue weighted by molar-refractivity contribution is -0.141. The molecule has 2 aromatic heterocycles. The summed E-state index contributed by atoms with van der Waals surface area (Å²) in [6, 6.07) is 3.80. The highest BCUT2D eigenvalue weighted by molar-refractivity contribution is 7.13. The van der Waals surface area contributed by atoms with Gasteiger partial charge in [-0.1, -0.05) is 13.0 Å². The molecule has 1 unspecified atom stereocenters. The highest BCUT2D eigenvalue weighted by Gasteiger charge is 2.17. The van der Waals surface area contributed by atoms with Crippen LogP contribution in [-0.4, -0.2) is 28.5 Å². The predicted molar refractivity (Wildman–Crippen MR) is 78.1 cm³/mol. The monoisotopic (exact) mass is 308 g/mol. The van der Waals surface area contributed by atoms with Gasteiger partial charge in [-0.15, -0.1) is 11.3 Å². The van der Waals surface area contributed by atoms with Crippen molar-refractivity contribution in [1.29, 1.82) is 0 Å². The summed E-state index contributed by atoms with van der Waals surface area (Å²) in [5.74, 6) is -0.719. The van der Waals surface area contributed by atoms with Crippen molar-refractivity contribution < 1.29 is 19.1 Å². The first-order valence-corrected chi connectivity index (χ1v) is 7.35. The summed E-state index contributed by atoms with van der Waals surface area (Å²) >= 11 is 1.51. The summed E-state index contributed by atoms with van der Waals surface area (Å²) < 4.78 is 5.55. The number of carboxylic acid groups (broad SMARTS) is 1. The van der Waals surface area contributed by atoms with E-state index in [1.54, 1.807) is 13.8 Å². The Kier molecular flexibility index (Phi) is 4.74. The van der Waals surface area contributed by atoms with Crippen LogP contribution in [-0.2, 0) is 16.0 Å². The van der Waals surface area contributed by atoms with Crippen LogP contribution in [0, 0.1) is 12.8 Å². The average molecular weight is 308 g/mol. The molecule has 21 heavy (non-hydrogen) atoms. The molecule has 1 atom stereocenters. The number of amides is 1. The third-order valence-corrected chi connectivity index (χ3v) is 3.84. The molecule has 112 valence electrons. The molecule has 0 saturated carbocycles. The molecule has 0 saturated heterocycles. The number of carboxylic acids is 1. The van der Waals surface area contributed by atoms with Gasteiger partial charge in [-0.2, -0.15) is 0 Å². The first-order chi connectivity index (χ1) is 9.97. The van der Waals surface area contributed by atoms with Gasteiger partial charge in [0.15, 0.2) is 0 Å². The molecule has 2 N–H and O–H groups in total. The second-order valence-corrected chi connectivity index (χ2v) is 5.67. The van der Waals surface area contributed by atoms with Gasteiger partial charge in [0.05, 0.1) is 22.9 Å². The Morgan fingerprint density at radius 2 is 2.29 bits per heavy atom. The van der Waals surface area contributed by atoms with Gasteiger partial charge in [0.1, 0.15) is 5.76 Å². The number of thiophene rings is 1. The highest BCUT2D eigenvalue weighted by Crippen LogP contribution is 2.25. The first kappa shape index (κ1) is 15.2. The number of aryl methyl sites for hydroxylation is 1. The molecule has 2 heterocycles. The SMILES string of the molecule is Cc1oc(-c2cccs2)nc1CC(=O)NCC(C)C(=O)O. The number of hydrogen-bond acceptors (Lipinski definition) is 5. The number of aromatic nitrogens is 1. The zero-order valence-corrected chi connectivity index (χ0v) is 12.6. The fourth-order valence-corrected chi connectivity index (χ4v) is 2.32. The molecule has 0 aliphatic rings. The van der Waals surface area contributed by atoms with E-state index >= 15 is 0 Å². The number of carbonyl (C=O) groups is 2. The van der Waals surface area contributed by atoms with Crippen LogP contribution in [0.5, 0.6) is 0 Å². The fraction of sp³-hybridized carbons (Fsp3) is 0.357. The molecule has 0 spiro atoms. The first-order valence-electron chi connectivity index (χ1n) is 6.47. The molecule has 0 radical (unpaired) electrons. The fourth-order valence-electron chi connectivity index (χ4n) is 1.67. The predicted octanol–water partition coefficient (Wildman–Crippen LogP) is 2.09. The summed E-state index contributed by atoms with van der Waals surface area (Å²) in [4.78, 5) is 27.7. The van der Waals surface area contributed by atoms with E-state index in [0.29, 0.717) is 17.3 Å². The lowest BCUT2D eigenvalue weighted by Crippen LogP contribution is -2.32. The smallest absolute Gasteiger partial charge is 0.308 e. The zero-order valence-electron chi connectivity index (χ0n) is 11.8. The van der Waals surface area contributed by atoms with Gasteiger partial charge in [0.2, 0.25) is 11.8 Å². The Morgan fingerprint density at radius 3 is 2.90 bits per heavy atom. The van der Waals surface area contributed by atoms with Gasteiger partial charge in [-0.25, -0.2) is 4.98 Å². The van der Waals surface area contributed by atoms with Gasteiger partial charge < -0.3 is 14.8 Å². The topological polar surface area (TPSA) is 92.4 Å². The van der Waals surface area contributed by atoms with E-state index in [2.05, 4.69) is 10.3 Å². The van der Waals surface area contributed by atoms with E-state index in [0.717, 1.165) is 4.88 Å². The second-order valence-electron chi connectivity index (χ2n) is 4.72. The third-order valence-electron chi connectivity index (χ3n) is 2.98. The lowest BCUT2D eigenvalue weighted by Gasteiger charge is -2.07. The second kappa shape index (κ2) is 6.53. The van der Waals surface area contributed by atoms with E-state index in [1.807, 2.05) is 17.5 Å². The van der Waals surface area contributed by atoms with E-state index in [-0.39, 0.29) is 18.9 Å². The number of aliphatic carboxylic acids is 1. The van der Waals surface area contributed by atoms with Crippen molar-refractivity contribution in [1.82, 2.24) is 10.3 Å². The van der Waals surface area contributed by atoms with Crippen molar-refractivity contribution in [3.63, 3.8) is 0 Å². The van der Waals surface area contributed by atoms with E-state index < -0.39 is 11.9 Å². The molecular formula is C14H16N2O4S. The minimum atomic E-state index is -0.937. The molecule has 2 rings (SSSR count). The molecule has 1 amide bonds. The van der Waals surface area contributed by atoms with E-state index in [9.17, 15) is 9.59 Å². The van der Waals surface area contributed by atoms with Crippen LogP contribution in [0.15, 0.2) is 21.9 Å². The molecule has 0 fully saturated rings.